The smallest absolute Gasteiger partial charge is 0.106 e. The van der Waals surface area contributed by atoms with E-state index in [1.807, 2.05) is 0 Å². The molecular weight excluding hydrogens is 122 g/mol. The zero-order valence-corrected chi connectivity index (χ0v) is 5.21. The van der Waals surface area contributed by atoms with Crippen molar-refractivity contribution in [1.29, 1.82) is 0 Å². The van der Waals surface area contributed by atoms with E-state index in [0.29, 0.717) is 26.4 Å². The summed E-state index contributed by atoms with van der Waals surface area (Å²) in [6.45, 7) is 2.34. The summed E-state index contributed by atoms with van der Waals surface area (Å²) in [5, 5.41) is 0. The predicted octanol–water partition coefficient (Wildman–Crippen LogP) is -0.708. The molecule has 1 rings (SSSR count). The molecular formula is C5H11NO3. The van der Waals surface area contributed by atoms with E-state index in [2.05, 4.69) is 4.84 Å². The topological polar surface area (TPSA) is 53.7 Å². The first-order valence-corrected chi connectivity index (χ1v) is 2.94. The first kappa shape index (κ1) is 6.95. The van der Waals surface area contributed by atoms with Crippen LogP contribution in [0, 0.1) is 0 Å². The highest BCUT2D eigenvalue weighted by Gasteiger charge is 2.13. The Morgan fingerprint density at radius 2 is 2.44 bits per heavy atom. The second-order valence-electron chi connectivity index (χ2n) is 1.90. The van der Waals surface area contributed by atoms with Gasteiger partial charge in [0.1, 0.15) is 6.10 Å². The summed E-state index contributed by atoms with van der Waals surface area (Å²) in [4.78, 5) is 4.38. The van der Waals surface area contributed by atoms with Gasteiger partial charge in [0.2, 0.25) is 0 Å². The Hall–Kier alpha value is -0.160. The molecule has 1 heterocycles. The third kappa shape index (κ3) is 2.28. The van der Waals surface area contributed by atoms with E-state index in [1.165, 1.54) is 0 Å². The van der Waals surface area contributed by atoms with Gasteiger partial charge in [-0.2, -0.15) is 0 Å². The lowest BCUT2D eigenvalue weighted by atomic mass is 10.4. The molecule has 1 saturated heterocycles. The Labute approximate surface area is 53.8 Å². The van der Waals surface area contributed by atoms with Crippen LogP contribution < -0.4 is 5.90 Å². The minimum atomic E-state index is 0.0312. The summed E-state index contributed by atoms with van der Waals surface area (Å²) >= 11 is 0. The molecule has 0 aromatic heterocycles. The van der Waals surface area contributed by atoms with E-state index in [9.17, 15) is 0 Å². The lowest BCUT2D eigenvalue weighted by molar-refractivity contribution is -0.115. The number of hydrogen-bond acceptors (Lipinski definition) is 4. The molecule has 2 N–H and O–H groups in total. The summed E-state index contributed by atoms with van der Waals surface area (Å²) in [5.41, 5.74) is 0. The third-order valence-electron chi connectivity index (χ3n) is 1.17. The van der Waals surface area contributed by atoms with Crippen LogP contribution in [0.3, 0.4) is 0 Å². The molecule has 54 valence electrons. The van der Waals surface area contributed by atoms with E-state index in [0.717, 1.165) is 0 Å². The summed E-state index contributed by atoms with van der Waals surface area (Å²) in [7, 11) is 0. The van der Waals surface area contributed by atoms with E-state index in [1.54, 1.807) is 0 Å². The minimum Gasteiger partial charge on any atom is -0.376 e. The lowest BCUT2D eigenvalue weighted by Gasteiger charge is -2.21. The number of hydrogen-bond donors (Lipinski definition) is 1. The second kappa shape index (κ2) is 3.79. The van der Waals surface area contributed by atoms with E-state index < -0.39 is 0 Å². The first-order valence-electron chi connectivity index (χ1n) is 2.94. The molecule has 0 saturated carbocycles. The maximum atomic E-state index is 5.19. The van der Waals surface area contributed by atoms with Crippen LogP contribution in [-0.4, -0.2) is 32.5 Å². The Bertz CT molecular complexity index is 69.8. The van der Waals surface area contributed by atoms with Crippen molar-refractivity contribution < 1.29 is 14.3 Å². The predicted molar refractivity (Wildman–Crippen MR) is 30.7 cm³/mol. The van der Waals surface area contributed by atoms with Crippen molar-refractivity contribution >= 4 is 0 Å². The lowest BCUT2D eigenvalue weighted by Crippen LogP contribution is -2.33. The van der Waals surface area contributed by atoms with E-state index in [4.69, 9.17) is 15.4 Å². The van der Waals surface area contributed by atoms with Crippen molar-refractivity contribution in [3.8, 4) is 0 Å². The Morgan fingerprint density at radius 1 is 1.56 bits per heavy atom. The summed E-state index contributed by atoms with van der Waals surface area (Å²) < 4.78 is 10.3. The maximum Gasteiger partial charge on any atom is 0.106 e. The molecule has 4 heteroatoms. The van der Waals surface area contributed by atoms with Crippen molar-refractivity contribution in [3.05, 3.63) is 0 Å². The molecule has 0 bridgehead atoms. The van der Waals surface area contributed by atoms with Crippen molar-refractivity contribution in [3.63, 3.8) is 0 Å². The molecule has 0 aromatic carbocycles. The zero-order chi connectivity index (χ0) is 6.53. The Balaban J connectivity index is 2.08. The highest BCUT2D eigenvalue weighted by molar-refractivity contribution is 4.57. The molecule has 0 spiro atoms. The zero-order valence-electron chi connectivity index (χ0n) is 5.21. The van der Waals surface area contributed by atoms with Crippen LogP contribution >= 0.6 is 0 Å². The van der Waals surface area contributed by atoms with Gasteiger partial charge in [0.25, 0.3) is 0 Å². The minimum absolute atomic E-state index is 0.0312. The Morgan fingerprint density at radius 3 is 3.00 bits per heavy atom. The monoisotopic (exact) mass is 133 g/mol. The quantitative estimate of drug-likeness (QED) is 0.506. The van der Waals surface area contributed by atoms with Crippen molar-refractivity contribution in [2.75, 3.05) is 26.4 Å². The summed E-state index contributed by atoms with van der Waals surface area (Å²) in [5.74, 6) is 4.82. The number of nitrogens with two attached hydrogens (primary N) is 1. The van der Waals surface area contributed by atoms with Crippen LogP contribution in [0.15, 0.2) is 0 Å². The van der Waals surface area contributed by atoms with Crippen LogP contribution in [0.25, 0.3) is 0 Å². The molecule has 9 heavy (non-hydrogen) atoms. The normalized spacial score (nSPS) is 28.3. The Kier molecular flexibility index (Phi) is 2.93. The number of rotatable bonds is 2. The molecule has 4 nitrogen and oxygen atoms in total. The molecule has 1 atom stereocenters. The second-order valence-corrected chi connectivity index (χ2v) is 1.90. The van der Waals surface area contributed by atoms with Gasteiger partial charge >= 0.3 is 0 Å². The van der Waals surface area contributed by atoms with Gasteiger partial charge in [0.15, 0.2) is 0 Å². The van der Waals surface area contributed by atoms with Crippen LogP contribution in [0.2, 0.25) is 0 Å². The van der Waals surface area contributed by atoms with Gasteiger partial charge in [-0.1, -0.05) is 0 Å². The third-order valence-corrected chi connectivity index (χ3v) is 1.17. The van der Waals surface area contributed by atoms with Crippen molar-refractivity contribution in [2.24, 2.45) is 5.90 Å². The fourth-order valence-electron chi connectivity index (χ4n) is 0.740. The van der Waals surface area contributed by atoms with Crippen LogP contribution in [0.5, 0.6) is 0 Å². The van der Waals surface area contributed by atoms with Crippen LogP contribution in [-0.2, 0) is 14.3 Å². The molecule has 0 unspecified atom stereocenters. The SMILES string of the molecule is NOC[C@H]1COCCO1. The van der Waals surface area contributed by atoms with Gasteiger partial charge in [0.05, 0.1) is 26.4 Å². The summed E-state index contributed by atoms with van der Waals surface area (Å²) in [6, 6.07) is 0. The van der Waals surface area contributed by atoms with Gasteiger partial charge in [0, 0.05) is 0 Å². The van der Waals surface area contributed by atoms with Crippen LogP contribution in [0.1, 0.15) is 0 Å². The molecule has 0 amide bonds. The van der Waals surface area contributed by atoms with Crippen molar-refractivity contribution in [1.82, 2.24) is 0 Å². The molecule has 1 aliphatic rings. The van der Waals surface area contributed by atoms with Gasteiger partial charge in [-0.25, -0.2) is 5.90 Å². The van der Waals surface area contributed by atoms with E-state index >= 15 is 0 Å². The maximum absolute atomic E-state index is 5.19. The van der Waals surface area contributed by atoms with E-state index in [-0.39, 0.29) is 6.10 Å². The molecule has 0 radical (unpaired) electrons. The van der Waals surface area contributed by atoms with Crippen molar-refractivity contribution in [2.45, 2.75) is 6.10 Å². The molecule has 0 aliphatic carbocycles. The highest BCUT2D eigenvalue weighted by Crippen LogP contribution is 1.99. The van der Waals surface area contributed by atoms with Gasteiger partial charge in [-0.3, -0.25) is 0 Å². The molecule has 1 aliphatic heterocycles. The summed E-state index contributed by atoms with van der Waals surface area (Å²) in [6.07, 6.45) is 0.0312. The standard InChI is InChI=1S/C5H11NO3/c6-9-4-5-3-7-1-2-8-5/h5H,1-4,6H2/t5-/m1/s1. The van der Waals surface area contributed by atoms with Gasteiger partial charge in [-0.15, -0.1) is 0 Å². The number of ether oxygens (including phenoxy) is 2. The molecule has 0 aromatic rings. The highest BCUT2D eigenvalue weighted by atomic mass is 16.6. The largest absolute Gasteiger partial charge is 0.376 e. The average Bonchev–Trinajstić information content (AvgIpc) is 1.91. The van der Waals surface area contributed by atoms with Crippen LogP contribution in [0.4, 0.5) is 0 Å². The van der Waals surface area contributed by atoms with Gasteiger partial charge in [-0.05, 0) is 0 Å². The fourth-order valence-corrected chi connectivity index (χ4v) is 0.740. The fraction of sp³-hybridized carbons (Fsp3) is 1.00. The average molecular weight is 133 g/mol. The van der Waals surface area contributed by atoms with Gasteiger partial charge < -0.3 is 14.3 Å². The molecule has 1 fully saturated rings. The first-order chi connectivity index (χ1) is 4.43.